The molecule has 3 saturated heterocycles. The Hall–Kier alpha value is 2.78. The second kappa shape index (κ2) is 24.2. The highest BCUT2D eigenvalue weighted by atomic mass is 28.6. The Balaban J connectivity index is 2.13. The molecule has 0 bridgehead atoms. The van der Waals surface area contributed by atoms with Gasteiger partial charge in [0.05, 0.1) is 0 Å². The fourth-order valence-electron chi connectivity index (χ4n) is 6.28. The van der Waals surface area contributed by atoms with E-state index >= 15 is 0 Å². The van der Waals surface area contributed by atoms with E-state index < -0.39 is 180 Å². The number of hydrogen-bond acceptors (Lipinski definition) is 39. The third-order valence-corrected chi connectivity index (χ3v) is 65.6. The molecule has 434 valence electrons. The van der Waals surface area contributed by atoms with Crippen LogP contribution in [-0.2, 0) is 90.5 Å². The lowest BCUT2D eigenvalue weighted by atomic mass is 11.9. The van der Waals surface area contributed by atoms with Crippen LogP contribution in [0.3, 0.4) is 0 Å². The van der Waals surface area contributed by atoms with Gasteiger partial charge in [0, 0.05) is 85.1 Å². The van der Waals surface area contributed by atoms with Gasteiger partial charge in [-0.3, -0.25) is 0 Å². The van der Waals surface area contributed by atoms with E-state index in [1.54, 1.807) is 0 Å². The molecule has 3 rings (SSSR count). The second-order valence-corrected chi connectivity index (χ2v) is 65.6. The van der Waals surface area contributed by atoms with Gasteiger partial charge in [-0.25, -0.2) is 0 Å². The van der Waals surface area contributed by atoms with Crippen LogP contribution in [0.2, 0.25) is 91.7 Å². The Kier molecular flexibility index (Phi) is 23.2. The van der Waals surface area contributed by atoms with Gasteiger partial charge < -0.3 is 172 Å². The average molecular weight is 1420 g/mol. The average Bonchev–Trinajstić information content (AvgIpc) is 2.93. The van der Waals surface area contributed by atoms with Crippen LogP contribution in [-0.4, -0.2) is 261 Å². The van der Waals surface area contributed by atoms with Gasteiger partial charge in [0.1, 0.15) is 0 Å². The van der Waals surface area contributed by atoms with E-state index in [2.05, 4.69) is 0 Å². The molecule has 0 amide bonds. The fraction of sp³-hybridized carbons (Fsp3) is 1.00. The fourth-order valence-corrected chi connectivity index (χ4v) is 70.7. The molecule has 0 saturated carbocycles. The Morgan fingerprint density at radius 2 is 0.849 bits per heavy atom. The smallest absolute Gasteiger partial charge is 0.399 e. The molecule has 15 atom stereocenters. The van der Waals surface area contributed by atoms with Crippen molar-refractivity contribution in [2.75, 3.05) is 0 Å². The van der Waals surface area contributed by atoms with Gasteiger partial charge in [-0.15, -0.1) is 0 Å². The zero-order chi connectivity index (χ0) is 56.9. The molecule has 3 aliphatic rings. The van der Waals surface area contributed by atoms with E-state index in [1.165, 1.54) is 13.1 Å². The lowest BCUT2D eigenvalue weighted by molar-refractivity contribution is 0.0283. The molecule has 0 aromatic carbocycles. The zero-order valence-electron chi connectivity index (χ0n) is 41.0. The van der Waals surface area contributed by atoms with Crippen molar-refractivity contribution in [3.05, 3.63) is 0 Å². The standard InChI is InChI=1S/C14H64O39Si20/c1-54-32-56(38-68(11,42-60(3,18)19)46-63(6,24)35-54)33-55(15)36-67(10)39-57(37-59(2,16)17)34-58(41-72(28,29)30)40-69(12,51-67)47-66(9,27)50-73(31,44-62(5,22)23)53-71(14)49-65(8,26)45-64(7,25)48-70(13,52-71)43-61(4,20)21/h15-31,54-58H,1-14H3. The molecule has 0 aromatic rings. The Morgan fingerprint density at radius 3 is 1.33 bits per heavy atom. The Bertz CT molecular complexity index is 1820. The van der Waals surface area contributed by atoms with Crippen molar-refractivity contribution in [3.63, 3.8) is 0 Å². The first-order valence-electron chi connectivity index (χ1n) is 20.3. The molecular formula is C14H64O39Si20. The lowest BCUT2D eigenvalue weighted by Gasteiger charge is -2.46. The molecule has 3 aliphatic heterocycles. The molecule has 3 fully saturated rings. The summed E-state index contributed by atoms with van der Waals surface area (Å²) in [5, 5.41) is 0. The maximum absolute atomic E-state index is 12.0. The van der Waals surface area contributed by atoms with Crippen LogP contribution in [0, 0.1) is 0 Å². The minimum absolute atomic E-state index is 0.640. The Morgan fingerprint density at radius 1 is 0.425 bits per heavy atom. The first kappa shape index (κ1) is 70.0. The third-order valence-electron chi connectivity index (χ3n) is 7.29. The largest absolute Gasteiger partial charge is 0.663 e. The number of rotatable bonds is 20. The highest BCUT2D eigenvalue weighted by Gasteiger charge is 2.69. The van der Waals surface area contributed by atoms with Crippen molar-refractivity contribution in [2.24, 2.45) is 0 Å². The molecule has 3 heterocycles. The van der Waals surface area contributed by atoms with E-state index in [1.807, 2.05) is 0 Å². The van der Waals surface area contributed by atoms with Crippen molar-refractivity contribution in [2.45, 2.75) is 91.7 Å². The van der Waals surface area contributed by atoms with E-state index in [4.69, 9.17) is 90.5 Å². The minimum Gasteiger partial charge on any atom is -0.399 e. The van der Waals surface area contributed by atoms with Crippen LogP contribution in [0.15, 0.2) is 0 Å². The molecule has 0 aromatic heterocycles. The van der Waals surface area contributed by atoms with E-state index in [0.717, 1.165) is 65.5 Å². The van der Waals surface area contributed by atoms with Gasteiger partial charge in [0.15, 0.2) is 0 Å². The van der Waals surface area contributed by atoms with Crippen LogP contribution in [0.5, 0.6) is 0 Å². The molecule has 0 spiro atoms. The maximum Gasteiger partial charge on any atom is 0.663 e. The van der Waals surface area contributed by atoms with Gasteiger partial charge in [0.25, 0.3) is 0 Å². The lowest BCUT2D eigenvalue weighted by Crippen LogP contribution is -2.74. The highest BCUT2D eigenvalue weighted by Crippen LogP contribution is 2.36. The first-order chi connectivity index (χ1) is 31.9. The molecular weight excluding hydrogens is 1350 g/mol. The van der Waals surface area contributed by atoms with Crippen molar-refractivity contribution in [1.29, 1.82) is 0 Å². The predicted octanol–water partition coefficient (Wildman–Crippen LogP) is -11.8. The van der Waals surface area contributed by atoms with Crippen molar-refractivity contribution < 1.29 is 172 Å². The predicted molar refractivity (Wildman–Crippen MR) is 266 cm³/mol. The van der Waals surface area contributed by atoms with Gasteiger partial charge >= 0.3 is 180 Å². The third kappa shape index (κ3) is 26.7. The summed E-state index contributed by atoms with van der Waals surface area (Å²) in [6.45, 7) is 13.1. The van der Waals surface area contributed by atoms with E-state index in [-0.39, 0.29) is 0 Å². The molecule has 0 aliphatic carbocycles. The SMILES string of the molecule is C[SiH]1O[SiH](O[SiH](O)O[Si]2(C)O[SiH](O[Si](C)(O)O)O[SiH](O[Si](O)(O)O)O[Si](C)(O[Si](C)(O)O[Si](O)(O[Si](C)(O)O)O[Si]3(C)O[Si](C)(O)O[Si](C)(O)O[Si](C)(O[Si](C)(O)O)O3)O2)O[Si](C)(O[Si](C)(O)O)O[Si](C)(O)O1. The van der Waals surface area contributed by atoms with Crippen LogP contribution >= 0.6 is 0 Å². The molecule has 17 N–H and O–H groups in total. The summed E-state index contributed by atoms with van der Waals surface area (Å²) in [5.74, 6) is 0. The monoisotopic (exact) mass is 1420 g/mol. The normalized spacial score (nSPS) is 40.5. The summed E-state index contributed by atoms with van der Waals surface area (Å²) >= 11 is 0. The molecule has 59 heteroatoms. The van der Waals surface area contributed by atoms with E-state index in [9.17, 15) is 81.5 Å². The van der Waals surface area contributed by atoms with Crippen molar-refractivity contribution in [3.8, 4) is 0 Å². The van der Waals surface area contributed by atoms with Crippen molar-refractivity contribution in [1.82, 2.24) is 0 Å². The molecule has 39 nitrogen and oxygen atoms in total. The van der Waals surface area contributed by atoms with Crippen LogP contribution in [0.4, 0.5) is 0 Å². The Labute approximate surface area is 441 Å². The highest BCUT2D eigenvalue weighted by molar-refractivity contribution is 6.93. The second-order valence-electron chi connectivity index (χ2n) is 16.9. The van der Waals surface area contributed by atoms with Crippen LogP contribution < -0.4 is 0 Å². The van der Waals surface area contributed by atoms with Gasteiger partial charge in [0.2, 0.25) is 0 Å². The zero-order valence-corrected chi connectivity index (χ0v) is 61.7. The summed E-state index contributed by atoms with van der Waals surface area (Å²) in [5.41, 5.74) is 0. The first-order valence-corrected chi connectivity index (χ1v) is 60.9. The summed E-state index contributed by atoms with van der Waals surface area (Å²) in [6.07, 6.45) is 0. The molecule has 15 unspecified atom stereocenters. The van der Waals surface area contributed by atoms with Gasteiger partial charge in [-0.2, -0.15) is 0 Å². The number of hydrogen-bond donors (Lipinski definition) is 17. The maximum atomic E-state index is 12.0. The summed E-state index contributed by atoms with van der Waals surface area (Å²) in [7, 11) is -94.9. The van der Waals surface area contributed by atoms with Gasteiger partial charge in [-0.1, -0.05) is 0 Å². The van der Waals surface area contributed by atoms with Gasteiger partial charge in [-0.05, 0) is 6.55 Å². The van der Waals surface area contributed by atoms with Crippen LogP contribution in [0.1, 0.15) is 0 Å². The summed E-state index contributed by atoms with van der Waals surface area (Å²) in [6, 6.07) is 0. The summed E-state index contributed by atoms with van der Waals surface area (Å²) in [4.78, 5) is 180. The molecule has 0 radical (unpaired) electrons. The topological polar surface area (TPSA) is 547 Å². The quantitative estimate of drug-likeness (QED) is 0.0503. The van der Waals surface area contributed by atoms with Crippen LogP contribution in [0.25, 0.3) is 0 Å². The van der Waals surface area contributed by atoms with Crippen molar-refractivity contribution >= 4 is 180 Å². The van der Waals surface area contributed by atoms with E-state index in [0.29, 0.717) is 13.1 Å². The minimum atomic E-state index is -6.16. The molecule has 73 heavy (non-hydrogen) atoms. The summed E-state index contributed by atoms with van der Waals surface area (Å²) < 4.78 is 123.